The summed E-state index contributed by atoms with van der Waals surface area (Å²) >= 11 is 0. The van der Waals surface area contributed by atoms with Gasteiger partial charge in [-0.15, -0.1) is 0 Å². The lowest BCUT2D eigenvalue weighted by atomic mass is 9.91. The van der Waals surface area contributed by atoms with E-state index in [0.717, 1.165) is 18.7 Å². The van der Waals surface area contributed by atoms with Crippen molar-refractivity contribution in [2.75, 3.05) is 6.54 Å². The number of benzene rings is 2. The molecule has 0 radical (unpaired) electrons. The predicted molar refractivity (Wildman–Crippen MR) is 109 cm³/mol. The fraction of sp³-hybridized carbons (Fsp3) is 0.500. The third-order valence-corrected chi connectivity index (χ3v) is 5.74. The van der Waals surface area contributed by atoms with Crippen LogP contribution in [0.3, 0.4) is 0 Å². The van der Waals surface area contributed by atoms with Crippen LogP contribution in [0.15, 0.2) is 48.5 Å². The molecular weight excluding hydrogens is 318 g/mol. The molecule has 0 amide bonds. The lowest BCUT2D eigenvalue weighted by Crippen LogP contribution is -2.17. The van der Waals surface area contributed by atoms with Crippen molar-refractivity contribution in [2.45, 2.75) is 58.5 Å². The number of hydrogen-bond donors (Lipinski definition) is 1. The molecule has 0 fully saturated rings. The number of hydrogen-bond acceptors (Lipinski definition) is 2. The zero-order valence-electron chi connectivity index (χ0n) is 16.3. The van der Waals surface area contributed by atoms with Crippen LogP contribution in [0.25, 0.3) is 0 Å². The van der Waals surface area contributed by atoms with E-state index in [2.05, 4.69) is 62.4 Å². The fourth-order valence-corrected chi connectivity index (χ4v) is 4.35. The summed E-state index contributed by atoms with van der Waals surface area (Å²) in [5, 5.41) is 0. The van der Waals surface area contributed by atoms with Gasteiger partial charge in [-0.3, -0.25) is 0 Å². The Hall–Kier alpha value is -1.80. The summed E-state index contributed by atoms with van der Waals surface area (Å²) in [5.41, 5.74) is 10.0. The highest BCUT2D eigenvalue weighted by Gasteiger charge is 2.33. The number of fused-ring (bicyclic) bond motifs is 1. The summed E-state index contributed by atoms with van der Waals surface area (Å²) < 4.78 is 6.50. The lowest BCUT2D eigenvalue weighted by Gasteiger charge is -2.23. The van der Waals surface area contributed by atoms with Gasteiger partial charge in [0.2, 0.25) is 0 Å². The Bertz CT molecular complexity index is 696. The molecular formula is C24H33NO. The largest absolute Gasteiger partial charge is 0.485 e. The second kappa shape index (κ2) is 9.23. The van der Waals surface area contributed by atoms with Crippen LogP contribution in [0, 0.1) is 18.8 Å². The Morgan fingerprint density at radius 3 is 2.73 bits per heavy atom. The lowest BCUT2D eigenvalue weighted by molar-refractivity contribution is 0.140. The highest BCUT2D eigenvalue weighted by atomic mass is 16.5. The van der Waals surface area contributed by atoms with E-state index in [1.165, 1.54) is 48.8 Å². The summed E-state index contributed by atoms with van der Waals surface area (Å²) in [6.45, 7) is 5.19. The molecule has 0 heterocycles. The van der Waals surface area contributed by atoms with Crippen molar-refractivity contribution in [1.29, 1.82) is 0 Å². The Morgan fingerprint density at radius 2 is 1.96 bits per heavy atom. The maximum absolute atomic E-state index is 6.50. The molecule has 2 N–H and O–H groups in total. The Morgan fingerprint density at radius 1 is 1.12 bits per heavy atom. The first-order valence-electron chi connectivity index (χ1n) is 10.2. The standard InChI is InChI=1S/C24H33NO/c1-3-8-19(17-25)10-7-12-21-16-20-11-4-5-14-23(20)24(21)26-22-13-6-9-18(2)15-22/h4-6,9,11,13-15,19,21,24H,3,7-8,10,12,16-17,25H2,1-2H3/t19?,21-,24?/m1/s1. The minimum Gasteiger partial charge on any atom is -0.485 e. The molecule has 26 heavy (non-hydrogen) atoms. The van der Waals surface area contributed by atoms with Crippen molar-refractivity contribution in [2.24, 2.45) is 17.6 Å². The highest BCUT2D eigenvalue weighted by Crippen LogP contribution is 2.42. The third kappa shape index (κ3) is 4.67. The second-order valence-electron chi connectivity index (χ2n) is 7.84. The van der Waals surface area contributed by atoms with Crippen LogP contribution in [0.1, 0.15) is 61.8 Å². The average Bonchev–Trinajstić information content (AvgIpc) is 2.99. The molecule has 0 aliphatic heterocycles. The maximum atomic E-state index is 6.50. The quantitative estimate of drug-likeness (QED) is 0.616. The van der Waals surface area contributed by atoms with Gasteiger partial charge >= 0.3 is 0 Å². The molecule has 2 nitrogen and oxygen atoms in total. The van der Waals surface area contributed by atoms with Gasteiger partial charge in [-0.25, -0.2) is 0 Å². The molecule has 2 heteroatoms. The highest BCUT2D eigenvalue weighted by molar-refractivity contribution is 5.36. The van der Waals surface area contributed by atoms with Gasteiger partial charge in [0, 0.05) is 5.92 Å². The van der Waals surface area contributed by atoms with Crippen molar-refractivity contribution in [3.8, 4) is 5.75 Å². The van der Waals surface area contributed by atoms with Gasteiger partial charge in [0.25, 0.3) is 0 Å². The van der Waals surface area contributed by atoms with Crippen LogP contribution in [0.2, 0.25) is 0 Å². The van der Waals surface area contributed by atoms with E-state index < -0.39 is 0 Å². The molecule has 1 aliphatic rings. The molecule has 2 aromatic carbocycles. The number of ether oxygens (including phenoxy) is 1. The van der Waals surface area contributed by atoms with Gasteiger partial charge in [-0.05, 0) is 73.9 Å². The summed E-state index contributed by atoms with van der Waals surface area (Å²) in [7, 11) is 0. The van der Waals surface area contributed by atoms with Crippen molar-refractivity contribution < 1.29 is 4.74 Å². The smallest absolute Gasteiger partial charge is 0.127 e. The molecule has 3 rings (SSSR count). The molecule has 0 saturated heterocycles. The van der Waals surface area contributed by atoms with Crippen LogP contribution < -0.4 is 10.5 Å². The molecule has 0 spiro atoms. The van der Waals surface area contributed by atoms with Gasteiger partial charge in [0.05, 0.1) is 0 Å². The maximum Gasteiger partial charge on any atom is 0.127 e. The number of aryl methyl sites for hydroxylation is 1. The van der Waals surface area contributed by atoms with Crippen LogP contribution in [0.4, 0.5) is 0 Å². The number of nitrogens with two attached hydrogens (primary N) is 1. The van der Waals surface area contributed by atoms with E-state index in [-0.39, 0.29) is 6.10 Å². The minimum absolute atomic E-state index is 0.176. The summed E-state index contributed by atoms with van der Waals surface area (Å²) in [5.74, 6) is 2.23. The third-order valence-electron chi connectivity index (χ3n) is 5.74. The number of rotatable bonds is 9. The minimum atomic E-state index is 0.176. The summed E-state index contributed by atoms with van der Waals surface area (Å²) in [6, 6.07) is 17.2. The first-order chi connectivity index (χ1) is 12.7. The van der Waals surface area contributed by atoms with Crippen molar-refractivity contribution >= 4 is 0 Å². The van der Waals surface area contributed by atoms with E-state index in [9.17, 15) is 0 Å². The van der Waals surface area contributed by atoms with E-state index in [0.29, 0.717) is 11.8 Å². The normalized spacial score (nSPS) is 20.0. The van der Waals surface area contributed by atoms with Gasteiger partial charge < -0.3 is 10.5 Å². The molecule has 2 aromatic rings. The molecule has 0 saturated carbocycles. The average molecular weight is 352 g/mol. The molecule has 0 aromatic heterocycles. The topological polar surface area (TPSA) is 35.2 Å². The fourth-order valence-electron chi connectivity index (χ4n) is 4.35. The molecule has 2 unspecified atom stereocenters. The van der Waals surface area contributed by atoms with Crippen LogP contribution in [-0.2, 0) is 6.42 Å². The second-order valence-corrected chi connectivity index (χ2v) is 7.84. The Balaban J connectivity index is 1.68. The van der Waals surface area contributed by atoms with Gasteiger partial charge in [0.15, 0.2) is 0 Å². The zero-order valence-corrected chi connectivity index (χ0v) is 16.3. The SMILES string of the molecule is CCCC(CN)CCC[C@@H]1Cc2ccccc2C1Oc1cccc(C)c1. The van der Waals surface area contributed by atoms with Crippen molar-refractivity contribution in [3.63, 3.8) is 0 Å². The van der Waals surface area contributed by atoms with E-state index in [1.807, 2.05) is 0 Å². The monoisotopic (exact) mass is 351 g/mol. The van der Waals surface area contributed by atoms with Gasteiger partial charge in [-0.2, -0.15) is 0 Å². The first-order valence-corrected chi connectivity index (χ1v) is 10.2. The molecule has 3 atom stereocenters. The summed E-state index contributed by atoms with van der Waals surface area (Å²) in [6.07, 6.45) is 7.50. The molecule has 0 bridgehead atoms. The van der Waals surface area contributed by atoms with E-state index in [4.69, 9.17) is 10.5 Å². The Kier molecular flexibility index (Phi) is 6.73. The zero-order chi connectivity index (χ0) is 18.4. The molecule has 1 aliphatic carbocycles. The van der Waals surface area contributed by atoms with Crippen molar-refractivity contribution in [1.82, 2.24) is 0 Å². The molecule has 140 valence electrons. The van der Waals surface area contributed by atoms with Crippen LogP contribution in [-0.4, -0.2) is 6.54 Å². The van der Waals surface area contributed by atoms with Crippen molar-refractivity contribution in [3.05, 3.63) is 65.2 Å². The van der Waals surface area contributed by atoms with Crippen LogP contribution >= 0.6 is 0 Å². The van der Waals surface area contributed by atoms with Gasteiger partial charge in [0.1, 0.15) is 11.9 Å². The first kappa shape index (κ1) is 19.0. The van der Waals surface area contributed by atoms with E-state index in [1.54, 1.807) is 0 Å². The Labute approximate surface area is 158 Å². The predicted octanol–water partition coefficient (Wildman–Crippen LogP) is 5.83. The summed E-state index contributed by atoms with van der Waals surface area (Å²) in [4.78, 5) is 0. The van der Waals surface area contributed by atoms with E-state index >= 15 is 0 Å². The van der Waals surface area contributed by atoms with Crippen LogP contribution in [0.5, 0.6) is 5.75 Å². The van der Waals surface area contributed by atoms with Gasteiger partial charge in [-0.1, -0.05) is 56.2 Å².